The van der Waals surface area contributed by atoms with E-state index in [-0.39, 0.29) is 4.90 Å². The van der Waals surface area contributed by atoms with Crippen molar-refractivity contribution in [1.82, 2.24) is 4.72 Å². The lowest BCUT2D eigenvalue weighted by Crippen LogP contribution is -2.42. The van der Waals surface area contributed by atoms with Crippen LogP contribution < -0.4 is 15.8 Å². The van der Waals surface area contributed by atoms with Crippen molar-refractivity contribution in [3.63, 3.8) is 0 Å². The van der Waals surface area contributed by atoms with E-state index in [4.69, 9.17) is 5.73 Å². The van der Waals surface area contributed by atoms with Gasteiger partial charge >= 0.3 is 0 Å². The second-order valence-electron chi connectivity index (χ2n) is 4.71. The lowest BCUT2D eigenvalue weighted by atomic mass is 10.1. The van der Waals surface area contributed by atoms with E-state index in [1.165, 1.54) is 6.92 Å². The van der Waals surface area contributed by atoms with E-state index in [1.54, 1.807) is 26.0 Å². The minimum absolute atomic E-state index is 0.187. The zero-order valence-corrected chi connectivity index (χ0v) is 13.0. The highest BCUT2D eigenvalue weighted by Gasteiger charge is 2.24. The minimum atomic E-state index is -3.78. The molecule has 0 saturated heterocycles. The van der Waals surface area contributed by atoms with Crippen LogP contribution in [0.1, 0.15) is 25.0 Å². The quantitative estimate of drug-likeness (QED) is 0.726. The topological polar surface area (TPSA) is 101 Å². The van der Waals surface area contributed by atoms with Gasteiger partial charge in [-0.15, -0.1) is 0 Å². The van der Waals surface area contributed by atoms with Gasteiger partial charge < -0.3 is 11.1 Å². The smallest absolute Gasteiger partial charge is 0.241 e. The SMILES string of the molecule is CCNc1cc(C)c(S(=O)(=O)NC(C)C(N)=O)c(C)c1. The Labute approximate surface area is 119 Å². The fourth-order valence-electron chi connectivity index (χ4n) is 2.03. The second-order valence-corrected chi connectivity index (χ2v) is 6.37. The van der Waals surface area contributed by atoms with Gasteiger partial charge in [0.15, 0.2) is 0 Å². The standard InChI is InChI=1S/C13H21N3O3S/c1-5-15-11-6-8(2)12(9(3)7-11)20(18,19)16-10(4)13(14)17/h6-7,10,15-16H,5H2,1-4H3,(H2,14,17). The van der Waals surface area contributed by atoms with Gasteiger partial charge in [0.2, 0.25) is 15.9 Å². The molecule has 1 aromatic rings. The summed E-state index contributed by atoms with van der Waals surface area (Å²) >= 11 is 0. The van der Waals surface area contributed by atoms with Gasteiger partial charge in [0, 0.05) is 12.2 Å². The number of nitrogens with two attached hydrogens (primary N) is 1. The summed E-state index contributed by atoms with van der Waals surface area (Å²) in [6.45, 7) is 7.57. The van der Waals surface area contributed by atoms with Gasteiger partial charge in [-0.2, -0.15) is 4.72 Å². The Morgan fingerprint density at radius 1 is 1.30 bits per heavy atom. The summed E-state index contributed by atoms with van der Waals surface area (Å²) in [5, 5.41) is 3.14. The first-order chi connectivity index (χ1) is 9.19. The van der Waals surface area contributed by atoms with Crippen LogP contribution in [0.4, 0.5) is 5.69 Å². The average molecular weight is 299 g/mol. The molecule has 1 amide bonds. The van der Waals surface area contributed by atoms with E-state index in [0.29, 0.717) is 11.1 Å². The molecule has 0 bridgehead atoms. The van der Waals surface area contributed by atoms with Crippen molar-refractivity contribution in [1.29, 1.82) is 0 Å². The number of sulfonamides is 1. The third-order valence-electron chi connectivity index (χ3n) is 2.87. The Balaban J connectivity index is 3.22. The Hall–Kier alpha value is -1.60. The molecular weight excluding hydrogens is 278 g/mol. The molecule has 0 radical (unpaired) electrons. The Bertz CT molecular complexity index is 588. The van der Waals surface area contributed by atoms with Crippen LogP contribution in [0.25, 0.3) is 0 Å². The molecule has 112 valence electrons. The summed E-state index contributed by atoms with van der Waals surface area (Å²) in [4.78, 5) is 11.2. The summed E-state index contributed by atoms with van der Waals surface area (Å²) in [7, 11) is -3.78. The Kier molecular flexibility index (Phi) is 5.13. The number of hydrogen-bond donors (Lipinski definition) is 3. The summed E-state index contributed by atoms with van der Waals surface area (Å²) in [6, 6.07) is 2.58. The van der Waals surface area contributed by atoms with Crippen LogP contribution in [0.2, 0.25) is 0 Å². The molecule has 4 N–H and O–H groups in total. The molecule has 0 aliphatic carbocycles. The number of anilines is 1. The van der Waals surface area contributed by atoms with Crippen LogP contribution >= 0.6 is 0 Å². The van der Waals surface area contributed by atoms with E-state index in [2.05, 4.69) is 10.0 Å². The van der Waals surface area contributed by atoms with Crippen molar-refractivity contribution < 1.29 is 13.2 Å². The fourth-order valence-corrected chi connectivity index (χ4v) is 3.70. The van der Waals surface area contributed by atoms with Crippen LogP contribution in [0.5, 0.6) is 0 Å². The second kappa shape index (κ2) is 6.23. The summed E-state index contributed by atoms with van der Waals surface area (Å²) in [5.41, 5.74) is 7.18. The number of aryl methyl sites for hydroxylation is 2. The van der Waals surface area contributed by atoms with Crippen molar-refractivity contribution in [2.45, 2.75) is 38.6 Å². The maximum atomic E-state index is 12.3. The molecule has 1 unspecified atom stereocenters. The van der Waals surface area contributed by atoms with E-state index in [0.717, 1.165) is 12.2 Å². The molecule has 0 spiro atoms. The number of nitrogens with one attached hydrogen (secondary N) is 2. The highest BCUT2D eigenvalue weighted by Crippen LogP contribution is 2.24. The molecule has 1 atom stereocenters. The normalized spacial score (nSPS) is 13.0. The molecule has 0 aliphatic rings. The first kappa shape index (κ1) is 16.5. The van der Waals surface area contributed by atoms with Gasteiger partial charge in [-0.05, 0) is 51.0 Å². The lowest BCUT2D eigenvalue weighted by molar-refractivity contribution is -0.119. The van der Waals surface area contributed by atoms with E-state index >= 15 is 0 Å². The van der Waals surface area contributed by atoms with Crippen molar-refractivity contribution in [2.75, 3.05) is 11.9 Å². The molecule has 0 heterocycles. The third kappa shape index (κ3) is 3.71. The van der Waals surface area contributed by atoms with E-state index in [9.17, 15) is 13.2 Å². The lowest BCUT2D eigenvalue weighted by Gasteiger charge is -2.16. The molecule has 0 aromatic heterocycles. The van der Waals surface area contributed by atoms with E-state index in [1.807, 2.05) is 6.92 Å². The number of primary amides is 1. The number of rotatable bonds is 6. The molecule has 0 saturated carbocycles. The van der Waals surface area contributed by atoms with Crippen molar-refractivity contribution >= 4 is 21.6 Å². The summed E-state index contributed by atoms with van der Waals surface area (Å²) in [5.74, 6) is -0.715. The largest absolute Gasteiger partial charge is 0.385 e. The average Bonchev–Trinajstić information content (AvgIpc) is 2.26. The highest BCUT2D eigenvalue weighted by atomic mass is 32.2. The van der Waals surface area contributed by atoms with E-state index < -0.39 is 22.0 Å². The molecule has 6 nitrogen and oxygen atoms in total. The van der Waals surface area contributed by atoms with Crippen LogP contribution in [0, 0.1) is 13.8 Å². The first-order valence-electron chi connectivity index (χ1n) is 6.35. The zero-order chi connectivity index (χ0) is 15.5. The number of hydrogen-bond acceptors (Lipinski definition) is 4. The van der Waals surface area contributed by atoms with Crippen molar-refractivity contribution in [3.8, 4) is 0 Å². The predicted octanol–water partition coefficient (Wildman–Crippen LogP) is 0.887. The third-order valence-corrected chi connectivity index (χ3v) is 4.71. The maximum absolute atomic E-state index is 12.3. The number of benzene rings is 1. The Morgan fingerprint density at radius 2 is 1.80 bits per heavy atom. The first-order valence-corrected chi connectivity index (χ1v) is 7.84. The van der Waals surface area contributed by atoms with Gasteiger partial charge in [-0.25, -0.2) is 8.42 Å². The molecule has 7 heteroatoms. The molecule has 0 fully saturated rings. The van der Waals surface area contributed by atoms with Gasteiger partial charge in [-0.3, -0.25) is 4.79 Å². The van der Waals surface area contributed by atoms with Crippen LogP contribution in [-0.4, -0.2) is 26.9 Å². The molecular formula is C13H21N3O3S. The molecule has 0 aliphatic heterocycles. The van der Waals surface area contributed by atoms with Gasteiger partial charge in [-0.1, -0.05) is 0 Å². The highest BCUT2D eigenvalue weighted by molar-refractivity contribution is 7.89. The minimum Gasteiger partial charge on any atom is -0.385 e. The maximum Gasteiger partial charge on any atom is 0.241 e. The summed E-state index contributed by atoms with van der Waals surface area (Å²) < 4.78 is 26.9. The molecule has 1 aromatic carbocycles. The van der Waals surface area contributed by atoms with Gasteiger partial charge in [0.05, 0.1) is 10.9 Å². The summed E-state index contributed by atoms with van der Waals surface area (Å²) in [6.07, 6.45) is 0. The molecule has 20 heavy (non-hydrogen) atoms. The van der Waals surface area contributed by atoms with Crippen molar-refractivity contribution in [3.05, 3.63) is 23.3 Å². The monoisotopic (exact) mass is 299 g/mol. The number of carbonyl (C=O) groups is 1. The van der Waals surface area contributed by atoms with Crippen molar-refractivity contribution in [2.24, 2.45) is 5.73 Å². The van der Waals surface area contributed by atoms with Gasteiger partial charge in [0.25, 0.3) is 0 Å². The Morgan fingerprint density at radius 3 is 2.20 bits per heavy atom. The van der Waals surface area contributed by atoms with Crippen LogP contribution in [0.15, 0.2) is 17.0 Å². The molecule has 1 rings (SSSR count). The van der Waals surface area contributed by atoms with Gasteiger partial charge in [0.1, 0.15) is 0 Å². The fraction of sp³-hybridized carbons (Fsp3) is 0.462. The number of amides is 1. The van der Waals surface area contributed by atoms with Crippen LogP contribution in [-0.2, 0) is 14.8 Å². The predicted molar refractivity (Wildman–Crippen MR) is 79.1 cm³/mol. The number of carbonyl (C=O) groups excluding carboxylic acids is 1. The van der Waals surface area contributed by atoms with Crippen LogP contribution in [0.3, 0.4) is 0 Å². The zero-order valence-electron chi connectivity index (χ0n) is 12.1.